The van der Waals surface area contributed by atoms with Gasteiger partial charge in [-0.25, -0.2) is 4.98 Å². The number of anilines is 1. The standard InChI is InChI=1S/C14H24N2S/c1-2-3-4-5-6-7-8-11-17-13-9-10-14(15)16-12-13/h9-10,12H,2-8,11H2,1H3,(H2,15,16). The largest absolute Gasteiger partial charge is 0.384 e. The summed E-state index contributed by atoms with van der Waals surface area (Å²) in [5.74, 6) is 1.80. The van der Waals surface area contributed by atoms with Crippen molar-refractivity contribution < 1.29 is 0 Å². The highest BCUT2D eigenvalue weighted by molar-refractivity contribution is 7.99. The van der Waals surface area contributed by atoms with Crippen molar-refractivity contribution in [3.8, 4) is 0 Å². The molecule has 0 unspecified atom stereocenters. The van der Waals surface area contributed by atoms with Gasteiger partial charge in [0.25, 0.3) is 0 Å². The van der Waals surface area contributed by atoms with Gasteiger partial charge in [0.05, 0.1) is 0 Å². The van der Waals surface area contributed by atoms with Crippen molar-refractivity contribution >= 4 is 17.6 Å². The Morgan fingerprint density at radius 3 is 2.41 bits per heavy atom. The molecule has 0 aliphatic carbocycles. The molecule has 0 saturated carbocycles. The first-order valence-corrected chi connectivity index (χ1v) is 7.66. The van der Waals surface area contributed by atoms with Gasteiger partial charge < -0.3 is 5.73 Å². The topological polar surface area (TPSA) is 38.9 Å². The molecule has 17 heavy (non-hydrogen) atoms. The number of aromatic nitrogens is 1. The van der Waals surface area contributed by atoms with Crippen molar-refractivity contribution in [2.75, 3.05) is 11.5 Å². The van der Waals surface area contributed by atoms with E-state index in [1.165, 1.54) is 55.6 Å². The number of hydrogen-bond donors (Lipinski definition) is 1. The summed E-state index contributed by atoms with van der Waals surface area (Å²) < 4.78 is 0. The number of unbranched alkanes of at least 4 members (excludes halogenated alkanes) is 6. The van der Waals surface area contributed by atoms with Crippen LogP contribution in [0.3, 0.4) is 0 Å². The molecule has 0 spiro atoms. The molecule has 0 radical (unpaired) electrons. The van der Waals surface area contributed by atoms with Crippen LogP contribution in [0.5, 0.6) is 0 Å². The van der Waals surface area contributed by atoms with Gasteiger partial charge in [-0.1, -0.05) is 45.4 Å². The molecular weight excluding hydrogens is 228 g/mol. The van der Waals surface area contributed by atoms with Gasteiger partial charge in [0.2, 0.25) is 0 Å². The molecule has 96 valence electrons. The van der Waals surface area contributed by atoms with Gasteiger partial charge in [-0.2, -0.15) is 0 Å². The van der Waals surface area contributed by atoms with Crippen LogP contribution < -0.4 is 5.73 Å². The summed E-state index contributed by atoms with van der Waals surface area (Å²) in [5.41, 5.74) is 5.54. The first kappa shape index (κ1) is 14.4. The Morgan fingerprint density at radius 1 is 1.06 bits per heavy atom. The Bertz CT molecular complexity index is 285. The van der Waals surface area contributed by atoms with Crippen LogP contribution in [-0.2, 0) is 0 Å². The fourth-order valence-corrected chi connectivity index (χ4v) is 2.60. The Balaban J connectivity index is 1.95. The molecule has 0 aliphatic rings. The SMILES string of the molecule is CCCCCCCCCSc1ccc(N)nc1. The molecule has 0 bridgehead atoms. The minimum absolute atomic E-state index is 0.602. The molecule has 0 fully saturated rings. The summed E-state index contributed by atoms with van der Waals surface area (Å²) in [4.78, 5) is 5.31. The molecule has 0 atom stereocenters. The Kier molecular flexibility index (Phi) is 7.89. The van der Waals surface area contributed by atoms with Gasteiger partial charge in [0.15, 0.2) is 0 Å². The average molecular weight is 252 g/mol. The molecule has 1 rings (SSSR count). The first-order valence-electron chi connectivity index (χ1n) is 6.67. The number of pyridine rings is 1. The Hall–Kier alpha value is -0.700. The summed E-state index contributed by atoms with van der Waals surface area (Å²) in [6.45, 7) is 2.26. The smallest absolute Gasteiger partial charge is 0.123 e. The van der Waals surface area contributed by atoms with Crippen molar-refractivity contribution in [2.24, 2.45) is 0 Å². The number of rotatable bonds is 9. The number of thioether (sulfide) groups is 1. The van der Waals surface area contributed by atoms with Crippen LogP contribution in [0, 0.1) is 0 Å². The zero-order chi connectivity index (χ0) is 12.3. The van der Waals surface area contributed by atoms with Crippen molar-refractivity contribution in [2.45, 2.75) is 56.8 Å². The number of nitrogens with two attached hydrogens (primary N) is 1. The van der Waals surface area contributed by atoms with E-state index >= 15 is 0 Å². The van der Waals surface area contributed by atoms with Gasteiger partial charge >= 0.3 is 0 Å². The molecule has 0 aromatic carbocycles. The molecule has 1 heterocycles. The van der Waals surface area contributed by atoms with Crippen LogP contribution >= 0.6 is 11.8 Å². The van der Waals surface area contributed by atoms with Gasteiger partial charge in [0.1, 0.15) is 5.82 Å². The second-order valence-electron chi connectivity index (χ2n) is 4.39. The van der Waals surface area contributed by atoms with Crippen LogP contribution in [0.1, 0.15) is 51.9 Å². The van der Waals surface area contributed by atoms with Crippen molar-refractivity contribution in [1.29, 1.82) is 0 Å². The minimum atomic E-state index is 0.602. The predicted molar refractivity (Wildman–Crippen MR) is 77.4 cm³/mol. The van der Waals surface area contributed by atoms with Gasteiger partial charge in [0, 0.05) is 11.1 Å². The highest BCUT2D eigenvalue weighted by Crippen LogP contribution is 2.19. The zero-order valence-corrected chi connectivity index (χ0v) is 11.6. The van der Waals surface area contributed by atoms with Gasteiger partial charge in [-0.3, -0.25) is 0 Å². The summed E-state index contributed by atoms with van der Waals surface area (Å²) in [7, 11) is 0. The fourth-order valence-electron chi connectivity index (χ4n) is 1.73. The third-order valence-electron chi connectivity index (χ3n) is 2.78. The van der Waals surface area contributed by atoms with E-state index in [1.807, 2.05) is 30.1 Å². The summed E-state index contributed by atoms with van der Waals surface area (Å²) in [5, 5.41) is 0. The summed E-state index contributed by atoms with van der Waals surface area (Å²) in [6, 6.07) is 3.92. The van der Waals surface area contributed by atoms with E-state index in [9.17, 15) is 0 Å². The quantitative estimate of drug-likeness (QED) is 0.519. The third-order valence-corrected chi connectivity index (χ3v) is 3.84. The first-order chi connectivity index (χ1) is 8.33. The Labute approximate surface area is 109 Å². The molecule has 2 nitrogen and oxygen atoms in total. The molecule has 0 amide bonds. The van der Waals surface area contributed by atoms with Gasteiger partial charge in [-0.15, -0.1) is 11.8 Å². The maximum absolute atomic E-state index is 5.54. The summed E-state index contributed by atoms with van der Waals surface area (Å²) in [6.07, 6.45) is 11.5. The van der Waals surface area contributed by atoms with E-state index in [2.05, 4.69) is 11.9 Å². The second kappa shape index (κ2) is 9.34. The maximum atomic E-state index is 5.54. The lowest BCUT2D eigenvalue weighted by molar-refractivity contribution is 0.603. The van der Waals surface area contributed by atoms with E-state index in [-0.39, 0.29) is 0 Å². The lowest BCUT2D eigenvalue weighted by atomic mass is 10.1. The van der Waals surface area contributed by atoms with Crippen LogP contribution in [0.25, 0.3) is 0 Å². The van der Waals surface area contributed by atoms with Crippen LogP contribution in [-0.4, -0.2) is 10.7 Å². The van der Waals surface area contributed by atoms with Crippen molar-refractivity contribution in [1.82, 2.24) is 4.98 Å². The Morgan fingerprint density at radius 2 is 1.76 bits per heavy atom. The van der Waals surface area contributed by atoms with Crippen LogP contribution in [0.15, 0.2) is 23.2 Å². The van der Waals surface area contributed by atoms with Crippen LogP contribution in [0.2, 0.25) is 0 Å². The third kappa shape index (κ3) is 7.27. The lowest BCUT2D eigenvalue weighted by Crippen LogP contribution is -1.88. The van der Waals surface area contributed by atoms with E-state index in [0.717, 1.165) is 0 Å². The fraction of sp³-hybridized carbons (Fsp3) is 0.643. The van der Waals surface area contributed by atoms with Crippen molar-refractivity contribution in [3.63, 3.8) is 0 Å². The highest BCUT2D eigenvalue weighted by Gasteiger charge is 1.95. The molecule has 2 N–H and O–H groups in total. The molecule has 1 aromatic rings. The normalized spacial score (nSPS) is 10.6. The molecule has 0 aliphatic heterocycles. The molecular formula is C14H24N2S. The molecule has 3 heteroatoms. The molecule has 0 saturated heterocycles. The lowest BCUT2D eigenvalue weighted by Gasteiger charge is -2.02. The highest BCUT2D eigenvalue weighted by atomic mass is 32.2. The second-order valence-corrected chi connectivity index (χ2v) is 5.56. The average Bonchev–Trinajstić information content (AvgIpc) is 2.35. The van der Waals surface area contributed by atoms with Crippen LogP contribution in [0.4, 0.5) is 5.82 Å². The molecule has 1 aromatic heterocycles. The van der Waals surface area contributed by atoms with E-state index in [0.29, 0.717) is 5.82 Å². The zero-order valence-electron chi connectivity index (χ0n) is 10.8. The van der Waals surface area contributed by atoms with E-state index in [1.54, 1.807) is 0 Å². The minimum Gasteiger partial charge on any atom is -0.384 e. The van der Waals surface area contributed by atoms with Crippen molar-refractivity contribution in [3.05, 3.63) is 18.3 Å². The van der Waals surface area contributed by atoms with E-state index < -0.39 is 0 Å². The number of nitrogen functional groups attached to an aromatic ring is 1. The predicted octanol–water partition coefficient (Wildman–Crippen LogP) is 4.51. The number of hydrogen-bond acceptors (Lipinski definition) is 3. The van der Waals surface area contributed by atoms with Gasteiger partial charge in [-0.05, 0) is 24.3 Å². The number of nitrogens with zero attached hydrogens (tertiary/aromatic N) is 1. The maximum Gasteiger partial charge on any atom is 0.123 e. The summed E-state index contributed by atoms with van der Waals surface area (Å²) >= 11 is 1.88. The monoisotopic (exact) mass is 252 g/mol. The van der Waals surface area contributed by atoms with E-state index in [4.69, 9.17) is 5.73 Å².